The van der Waals surface area contributed by atoms with Crippen molar-refractivity contribution < 1.29 is 5.21 Å². The average molecular weight is 253 g/mol. The summed E-state index contributed by atoms with van der Waals surface area (Å²) < 4.78 is 0. The van der Waals surface area contributed by atoms with Crippen LogP contribution >= 0.6 is 0 Å². The van der Waals surface area contributed by atoms with Crippen molar-refractivity contribution in [2.24, 2.45) is 16.3 Å². The van der Waals surface area contributed by atoms with Gasteiger partial charge < -0.3 is 16.3 Å². The van der Waals surface area contributed by atoms with Crippen molar-refractivity contribution in [3.05, 3.63) is 11.6 Å². The van der Waals surface area contributed by atoms with Crippen LogP contribution in [0, 0.1) is 5.41 Å². The lowest BCUT2D eigenvalue weighted by molar-refractivity contribution is 0.305. The van der Waals surface area contributed by atoms with Crippen LogP contribution in [0.15, 0.2) is 16.8 Å². The fraction of sp³-hybridized carbons (Fsp3) is 0.786. The number of nitrogens with one attached hydrogen (secondary N) is 1. The molecule has 0 saturated carbocycles. The van der Waals surface area contributed by atoms with Crippen LogP contribution in [0.25, 0.3) is 0 Å². The van der Waals surface area contributed by atoms with Gasteiger partial charge in [0.2, 0.25) is 0 Å². The molecule has 0 unspecified atom stereocenters. The normalized spacial score (nSPS) is 17.7. The number of amidine groups is 1. The first-order valence-electron chi connectivity index (χ1n) is 6.93. The number of rotatable bonds is 7. The van der Waals surface area contributed by atoms with Crippen molar-refractivity contribution in [1.29, 1.82) is 0 Å². The maximum Gasteiger partial charge on any atom is 0.144 e. The van der Waals surface area contributed by atoms with E-state index < -0.39 is 0 Å². The van der Waals surface area contributed by atoms with Gasteiger partial charge in [-0.15, -0.1) is 0 Å². The van der Waals surface area contributed by atoms with Crippen LogP contribution in [0.5, 0.6) is 0 Å². The highest BCUT2D eigenvalue weighted by molar-refractivity contribution is 5.85. The molecule has 4 heteroatoms. The molecular weight excluding hydrogens is 226 g/mol. The molecule has 4 N–H and O–H groups in total. The lowest BCUT2D eigenvalue weighted by atomic mass is 9.88. The molecule has 0 aromatic rings. The average Bonchev–Trinajstić information content (AvgIpc) is 2.38. The zero-order valence-electron chi connectivity index (χ0n) is 11.7. The van der Waals surface area contributed by atoms with Crippen LogP contribution in [0.3, 0.4) is 0 Å². The van der Waals surface area contributed by atoms with E-state index in [2.05, 4.69) is 16.5 Å². The van der Waals surface area contributed by atoms with E-state index in [9.17, 15) is 0 Å². The first-order valence-corrected chi connectivity index (χ1v) is 6.93. The fourth-order valence-corrected chi connectivity index (χ4v) is 2.17. The van der Waals surface area contributed by atoms with E-state index in [1.165, 1.54) is 25.7 Å². The molecule has 104 valence electrons. The fourth-order valence-electron chi connectivity index (χ4n) is 2.17. The van der Waals surface area contributed by atoms with Gasteiger partial charge in [0, 0.05) is 5.41 Å². The zero-order valence-corrected chi connectivity index (χ0v) is 11.7. The van der Waals surface area contributed by atoms with E-state index in [4.69, 9.17) is 10.9 Å². The summed E-state index contributed by atoms with van der Waals surface area (Å²) in [4.78, 5) is 0. The molecule has 0 aliphatic heterocycles. The molecule has 1 rings (SSSR count). The minimum absolute atomic E-state index is 0.244. The van der Waals surface area contributed by atoms with Gasteiger partial charge >= 0.3 is 0 Å². The van der Waals surface area contributed by atoms with E-state index in [0.29, 0.717) is 5.84 Å². The minimum atomic E-state index is -0.244. The highest BCUT2D eigenvalue weighted by Crippen LogP contribution is 2.20. The molecule has 0 aromatic carbocycles. The molecule has 1 aliphatic rings. The van der Waals surface area contributed by atoms with Gasteiger partial charge in [-0.2, -0.15) is 0 Å². The quantitative estimate of drug-likeness (QED) is 0.163. The molecule has 0 saturated heterocycles. The van der Waals surface area contributed by atoms with Gasteiger partial charge in [-0.3, -0.25) is 0 Å². The van der Waals surface area contributed by atoms with Gasteiger partial charge in [0.05, 0.1) is 0 Å². The molecule has 1 aliphatic carbocycles. The number of nitrogens with two attached hydrogens (primary N) is 1. The van der Waals surface area contributed by atoms with E-state index in [1.54, 1.807) is 5.57 Å². The number of allylic oxidation sites excluding steroid dienone is 1. The van der Waals surface area contributed by atoms with Crippen molar-refractivity contribution in [2.45, 2.75) is 52.4 Å². The monoisotopic (exact) mass is 253 g/mol. The van der Waals surface area contributed by atoms with E-state index in [-0.39, 0.29) is 5.41 Å². The molecule has 0 spiro atoms. The van der Waals surface area contributed by atoms with Gasteiger partial charge in [0.15, 0.2) is 0 Å². The molecule has 0 heterocycles. The number of hydrogen-bond donors (Lipinski definition) is 3. The Hall–Kier alpha value is -1.03. The molecule has 0 atom stereocenters. The molecular formula is C14H27N3O. The first-order chi connectivity index (χ1) is 8.56. The second-order valence-corrected chi connectivity index (χ2v) is 5.73. The molecule has 4 nitrogen and oxygen atoms in total. The standard InChI is InChI=1S/C14H27N3O/c1-14(2,13(15)17-18)9-11-16-10-8-12-6-4-3-5-7-12/h6,16,18H,3-5,7-11H2,1-2H3,(H2,15,17). The summed E-state index contributed by atoms with van der Waals surface area (Å²) in [5.74, 6) is 0.305. The van der Waals surface area contributed by atoms with Crippen LogP contribution < -0.4 is 11.1 Å². The third kappa shape index (κ3) is 5.08. The second kappa shape index (κ2) is 7.41. The smallest absolute Gasteiger partial charge is 0.144 e. The van der Waals surface area contributed by atoms with E-state index >= 15 is 0 Å². The zero-order chi connectivity index (χ0) is 13.4. The summed E-state index contributed by atoms with van der Waals surface area (Å²) >= 11 is 0. The summed E-state index contributed by atoms with van der Waals surface area (Å²) in [6, 6.07) is 0. The van der Waals surface area contributed by atoms with Crippen molar-refractivity contribution >= 4 is 5.84 Å². The van der Waals surface area contributed by atoms with Crippen LogP contribution in [0.4, 0.5) is 0 Å². The van der Waals surface area contributed by atoms with Crippen molar-refractivity contribution in [1.82, 2.24) is 5.32 Å². The van der Waals surface area contributed by atoms with Crippen LogP contribution in [0.1, 0.15) is 52.4 Å². The predicted octanol–water partition coefficient (Wildman–Crippen LogP) is 2.63. The van der Waals surface area contributed by atoms with Crippen LogP contribution in [-0.2, 0) is 0 Å². The molecule has 18 heavy (non-hydrogen) atoms. The van der Waals surface area contributed by atoms with Crippen molar-refractivity contribution in [3.63, 3.8) is 0 Å². The molecule has 0 radical (unpaired) electrons. The Bertz CT molecular complexity index is 308. The minimum Gasteiger partial charge on any atom is -0.409 e. The molecule has 0 amide bonds. The van der Waals surface area contributed by atoms with Gasteiger partial charge in [-0.05, 0) is 51.6 Å². The SMILES string of the molecule is CC(C)(CCNCCC1=CCCCC1)C(N)=NO. The maximum atomic E-state index is 8.68. The third-order valence-corrected chi connectivity index (χ3v) is 3.74. The Kier molecular flexibility index (Phi) is 6.19. The van der Waals surface area contributed by atoms with Gasteiger partial charge in [-0.25, -0.2) is 0 Å². The Morgan fingerprint density at radius 2 is 2.22 bits per heavy atom. The lowest BCUT2D eigenvalue weighted by Crippen LogP contribution is -2.35. The van der Waals surface area contributed by atoms with Gasteiger partial charge in [-0.1, -0.05) is 30.7 Å². The first kappa shape index (κ1) is 15.0. The Morgan fingerprint density at radius 3 is 2.83 bits per heavy atom. The number of hydrogen-bond acceptors (Lipinski definition) is 3. The highest BCUT2D eigenvalue weighted by Gasteiger charge is 2.22. The van der Waals surface area contributed by atoms with E-state index in [0.717, 1.165) is 25.9 Å². The summed E-state index contributed by atoms with van der Waals surface area (Å²) in [6.07, 6.45) is 9.66. The Morgan fingerprint density at radius 1 is 1.44 bits per heavy atom. The molecule has 0 fully saturated rings. The largest absolute Gasteiger partial charge is 0.409 e. The predicted molar refractivity (Wildman–Crippen MR) is 75.8 cm³/mol. The number of oxime groups is 1. The lowest BCUT2D eigenvalue weighted by Gasteiger charge is -2.23. The van der Waals surface area contributed by atoms with E-state index in [1.807, 2.05) is 13.8 Å². The maximum absolute atomic E-state index is 8.68. The summed E-state index contributed by atoms with van der Waals surface area (Å²) in [7, 11) is 0. The van der Waals surface area contributed by atoms with Crippen LogP contribution in [0.2, 0.25) is 0 Å². The molecule has 0 aromatic heterocycles. The van der Waals surface area contributed by atoms with Crippen molar-refractivity contribution in [3.8, 4) is 0 Å². The summed E-state index contributed by atoms with van der Waals surface area (Å²) in [5, 5.41) is 15.2. The highest BCUT2D eigenvalue weighted by atomic mass is 16.4. The molecule has 0 bridgehead atoms. The van der Waals surface area contributed by atoms with Crippen molar-refractivity contribution in [2.75, 3.05) is 13.1 Å². The number of nitrogens with zero attached hydrogens (tertiary/aromatic N) is 1. The second-order valence-electron chi connectivity index (χ2n) is 5.73. The third-order valence-electron chi connectivity index (χ3n) is 3.74. The topological polar surface area (TPSA) is 70.6 Å². The summed E-state index contributed by atoms with van der Waals surface area (Å²) in [5.41, 5.74) is 7.00. The van der Waals surface area contributed by atoms with Gasteiger partial charge in [0.1, 0.15) is 5.84 Å². The van der Waals surface area contributed by atoms with Gasteiger partial charge in [0.25, 0.3) is 0 Å². The summed E-state index contributed by atoms with van der Waals surface area (Å²) in [6.45, 7) is 5.91. The Labute approximate surface area is 110 Å². The van der Waals surface area contributed by atoms with Crippen LogP contribution in [-0.4, -0.2) is 24.1 Å². The Balaban J connectivity index is 2.13.